The predicted molar refractivity (Wildman–Crippen MR) is 103 cm³/mol. The predicted octanol–water partition coefficient (Wildman–Crippen LogP) is 3.50. The molecule has 0 unspecified atom stereocenters. The van der Waals surface area contributed by atoms with Crippen molar-refractivity contribution in [3.63, 3.8) is 0 Å². The molecule has 2 aromatic heterocycles. The van der Waals surface area contributed by atoms with Crippen LogP contribution in [-0.4, -0.2) is 31.5 Å². The van der Waals surface area contributed by atoms with Gasteiger partial charge in [0.15, 0.2) is 11.5 Å². The number of hydrogen-bond donors (Lipinski definition) is 1. The third kappa shape index (κ3) is 3.07. The van der Waals surface area contributed by atoms with E-state index in [0.717, 1.165) is 5.56 Å². The number of benzene rings is 1. The highest BCUT2D eigenvalue weighted by atomic mass is 16.5. The first-order valence-electron chi connectivity index (χ1n) is 8.39. The average molecular weight is 380 g/mol. The maximum absolute atomic E-state index is 9.60. The standard InChI is InChI=1S/C20H20N4O4/c1-10-18(11(2)28-24-10)13-8-15(23-20(22)14(13)9-21)12-6-16(25-3)19(27-5)17(7-12)26-4/h6-8H,1-5H3,(H2,22,23). The Labute approximate surface area is 162 Å². The van der Waals surface area contributed by atoms with Crippen LogP contribution in [0.1, 0.15) is 17.0 Å². The first-order valence-corrected chi connectivity index (χ1v) is 8.39. The van der Waals surface area contributed by atoms with E-state index in [-0.39, 0.29) is 11.4 Å². The first-order chi connectivity index (χ1) is 13.4. The topological polar surface area (TPSA) is 116 Å². The molecule has 0 saturated heterocycles. The van der Waals surface area contributed by atoms with Crippen LogP contribution in [0.25, 0.3) is 22.4 Å². The number of pyridine rings is 1. The number of nitriles is 1. The Balaban J connectivity index is 2.29. The molecule has 0 bridgehead atoms. The fourth-order valence-electron chi connectivity index (χ4n) is 3.12. The monoisotopic (exact) mass is 380 g/mol. The highest BCUT2D eigenvalue weighted by Crippen LogP contribution is 2.42. The lowest BCUT2D eigenvalue weighted by atomic mass is 9.97. The van der Waals surface area contributed by atoms with E-state index in [4.69, 9.17) is 24.5 Å². The van der Waals surface area contributed by atoms with Crippen LogP contribution in [-0.2, 0) is 0 Å². The van der Waals surface area contributed by atoms with E-state index >= 15 is 0 Å². The number of nitrogens with zero attached hydrogens (tertiary/aromatic N) is 3. The van der Waals surface area contributed by atoms with Crippen molar-refractivity contribution in [1.82, 2.24) is 10.1 Å². The fourth-order valence-corrected chi connectivity index (χ4v) is 3.12. The molecule has 28 heavy (non-hydrogen) atoms. The van der Waals surface area contributed by atoms with Gasteiger partial charge in [-0.1, -0.05) is 5.16 Å². The number of methoxy groups -OCH3 is 3. The van der Waals surface area contributed by atoms with Gasteiger partial charge < -0.3 is 24.5 Å². The van der Waals surface area contributed by atoms with Crippen LogP contribution in [0.5, 0.6) is 17.2 Å². The molecule has 8 heteroatoms. The van der Waals surface area contributed by atoms with Gasteiger partial charge in [-0.2, -0.15) is 5.26 Å². The van der Waals surface area contributed by atoms with Gasteiger partial charge in [-0.15, -0.1) is 0 Å². The Bertz CT molecular complexity index is 1040. The van der Waals surface area contributed by atoms with Gasteiger partial charge in [0.25, 0.3) is 0 Å². The largest absolute Gasteiger partial charge is 0.493 e. The summed E-state index contributed by atoms with van der Waals surface area (Å²) in [5.41, 5.74) is 9.60. The number of aromatic nitrogens is 2. The molecule has 0 radical (unpaired) electrons. The van der Waals surface area contributed by atoms with E-state index in [1.54, 1.807) is 25.1 Å². The number of rotatable bonds is 5. The third-order valence-electron chi connectivity index (χ3n) is 4.42. The number of ether oxygens (including phenoxy) is 3. The molecule has 0 amide bonds. The van der Waals surface area contributed by atoms with E-state index in [2.05, 4.69) is 16.2 Å². The Morgan fingerprint density at radius 1 is 1.04 bits per heavy atom. The molecule has 8 nitrogen and oxygen atoms in total. The average Bonchev–Trinajstić information content (AvgIpc) is 3.04. The maximum atomic E-state index is 9.60. The summed E-state index contributed by atoms with van der Waals surface area (Å²) >= 11 is 0. The second-order valence-electron chi connectivity index (χ2n) is 6.04. The van der Waals surface area contributed by atoms with Gasteiger partial charge >= 0.3 is 0 Å². The van der Waals surface area contributed by atoms with Gasteiger partial charge in [-0.3, -0.25) is 0 Å². The van der Waals surface area contributed by atoms with E-state index in [1.807, 2.05) is 6.92 Å². The molecule has 144 valence electrons. The normalized spacial score (nSPS) is 10.4. The number of aryl methyl sites for hydroxylation is 2. The van der Waals surface area contributed by atoms with Crippen LogP contribution in [0.2, 0.25) is 0 Å². The van der Waals surface area contributed by atoms with Gasteiger partial charge in [0.2, 0.25) is 5.75 Å². The van der Waals surface area contributed by atoms with Crippen LogP contribution in [0.4, 0.5) is 5.82 Å². The van der Waals surface area contributed by atoms with Crippen molar-refractivity contribution in [3.8, 4) is 45.7 Å². The number of nitrogens with two attached hydrogens (primary N) is 1. The molecule has 2 N–H and O–H groups in total. The van der Waals surface area contributed by atoms with Crippen molar-refractivity contribution in [3.05, 3.63) is 35.2 Å². The summed E-state index contributed by atoms with van der Waals surface area (Å²) < 4.78 is 21.5. The SMILES string of the molecule is COc1cc(-c2cc(-c3c(C)noc3C)c(C#N)c(N)n2)cc(OC)c1OC. The van der Waals surface area contributed by atoms with Crippen molar-refractivity contribution >= 4 is 5.82 Å². The van der Waals surface area contributed by atoms with Crippen molar-refractivity contribution in [1.29, 1.82) is 5.26 Å². The summed E-state index contributed by atoms with van der Waals surface area (Å²) in [6.45, 7) is 3.59. The summed E-state index contributed by atoms with van der Waals surface area (Å²) in [6.07, 6.45) is 0. The molecular weight excluding hydrogens is 360 g/mol. The molecule has 3 rings (SSSR count). The molecular formula is C20H20N4O4. The van der Waals surface area contributed by atoms with Gasteiger partial charge in [0.05, 0.1) is 32.7 Å². The molecule has 0 spiro atoms. The third-order valence-corrected chi connectivity index (χ3v) is 4.42. The molecule has 0 aliphatic heterocycles. The zero-order valence-electron chi connectivity index (χ0n) is 16.3. The lowest BCUT2D eigenvalue weighted by Crippen LogP contribution is -2.01. The number of nitrogen functional groups attached to an aromatic ring is 1. The molecule has 0 aliphatic rings. The molecule has 2 heterocycles. The lowest BCUT2D eigenvalue weighted by molar-refractivity contribution is 0.324. The van der Waals surface area contributed by atoms with Crippen molar-refractivity contribution in [2.45, 2.75) is 13.8 Å². The van der Waals surface area contributed by atoms with Crippen LogP contribution < -0.4 is 19.9 Å². The molecule has 0 saturated carbocycles. The van der Waals surface area contributed by atoms with Crippen molar-refractivity contribution < 1.29 is 18.7 Å². The molecule has 0 atom stereocenters. The summed E-state index contributed by atoms with van der Waals surface area (Å²) in [7, 11) is 4.61. The van der Waals surface area contributed by atoms with Crippen molar-refractivity contribution in [2.75, 3.05) is 27.1 Å². The number of hydrogen-bond acceptors (Lipinski definition) is 8. The maximum Gasteiger partial charge on any atom is 0.203 e. The first kappa shape index (κ1) is 19.0. The Morgan fingerprint density at radius 3 is 2.14 bits per heavy atom. The van der Waals surface area contributed by atoms with Gasteiger partial charge in [-0.25, -0.2) is 4.98 Å². The minimum Gasteiger partial charge on any atom is -0.493 e. The summed E-state index contributed by atoms with van der Waals surface area (Å²) in [5.74, 6) is 2.15. The van der Waals surface area contributed by atoms with E-state index in [0.29, 0.717) is 45.5 Å². The second kappa shape index (κ2) is 7.48. The highest BCUT2D eigenvalue weighted by molar-refractivity contribution is 5.82. The number of anilines is 1. The summed E-state index contributed by atoms with van der Waals surface area (Å²) in [5, 5.41) is 13.6. The van der Waals surface area contributed by atoms with E-state index in [1.165, 1.54) is 21.3 Å². The zero-order valence-corrected chi connectivity index (χ0v) is 16.3. The fraction of sp³-hybridized carbons (Fsp3) is 0.250. The van der Waals surface area contributed by atoms with Gasteiger partial charge in [-0.05, 0) is 32.0 Å². The minimum absolute atomic E-state index is 0.115. The van der Waals surface area contributed by atoms with Crippen LogP contribution >= 0.6 is 0 Å². The lowest BCUT2D eigenvalue weighted by Gasteiger charge is -2.15. The van der Waals surface area contributed by atoms with Crippen LogP contribution in [0.15, 0.2) is 22.7 Å². The van der Waals surface area contributed by atoms with E-state index in [9.17, 15) is 5.26 Å². The molecule has 1 aromatic carbocycles. The molecule has 0 fully saturated rings. The van der Waals surface area contributed by atoms with Crippen LogP contribution in [0, 0.1) is 25.2 Å². The minimum atomic E-state index is 0.115. The quantitative estimate of drug-likeness (QED) is 0.715. The highest BCUT2D eigenvalue weighted by Gasteiger charge is 2.21. The van der Waals surface area contributed by atoms with Crippen LogP contribution in [0.3, 0.4) is 0 Å². The Kier molecular flexibility index (Phi) is 5.09. The summed E-state index contributed by atoms with van der Waals surface area (Å²) in [6, 6.07) is 7.44. The Hall–Kier alpha value is -3.73. The van der Waals surface area contributed by atoms with Gasteiger partial charge in [0.1, 0.15) is 23.2 Å². The molecule has 3 aromatic rings. The zero-order chi connectivity index (χ0) is 20.4. The Morgan fingerprint density at radius 2 is 1.68 bits per heavy atom. The summed E-state index contributed by atoms with van der Waals surface area (Å²) in [4.78, 5) is 4.40. The van der Waals surface area contributed by atoms with Gasteiger partial charge in [0, 0.05) is 16.7 Å². The van der Waals surface area contributed by atoms with E-state index < -0.39 is 0 Å². The molecule has 0 aliphatic carbocycles. The smallest absolute Gasteiger partial charge is 0.203 e. The van der Waals surface area contributed by atoms with Crippen molar-refractivity contribution in [2.24, 2.45) is 0 Å². The second-order valence-corrected chi connectivity index (χ2v) is 6.04.